The minimum absolute atomic E-state index is 0.112. The standard InChI is InChI=1S/C21H18Cl2N2O4S/c1-28-20-12-15(13-24-25-30(26,27)17-8-3-2-4-9-17)11-19(23)21(20)29-14-16-7-5-6-10-18(16)22/h2-13,25H,14H2,1H3/b24-13+. The van der Waals surface area contributed by atoms with Crippen LogP contribution >= 0.6 is 23.2 Å². The summed E-state index contributed by atoms with van der Waals surface area (Å²) in [6.45, 7) is 0.208. The van der Waals surface area contributed by atoms with E-state index in [1.165, 1.54) is 25.5 Å². The summed E-state index contributed by atoms with van der Waals surface area (Å²) in [5.74, 6) is 0.725. The minimum atomic E-state index is -3.76. The largest absolute Gasteiger partial charge is 0.493 e. The van der Waals surface area contributed by atoms with Gasteiger partial charge in [-0.2, -0.15) is 13.5 Å². The third-order valence-electron chi connectivity index (χ3n) is 4.02. The molecule has 0 aliphatic heterocycles. The molecule has 0 spiro atoms. The smallest absolute Gasteiger partial charge is 0.276 e. The number of ether oxygens (including phenoxy) is 2. The molecule has 0 fully saturated rings. The molecule has 30 heavy (non-hydrogen) atoms. The van der Waals surface area contributed by atoms with Crippen LogP contribution in [0.15, 0.2) is 76.7 Å². The number of benzene rings is 3. The lowest BCUT2D eigenvalue weighted by Crippen LogP contribution is -2.18. The number of hydrogen-bond donors (Lipinski definition) is 1. The van der Waals surface area contributed by atoms with Crippen LogP contribution in [-0.2, 0) is 16.6 Å². The molecular weight excluding hydrogens is 447 g/mol. The van der Waals surface area contributed by atoms with E-state index in [0.717, 1.165) is 5.56 Å². The fourth-order valence-electron chi connectivity index (χ4n) is 2.54. The number of sulfonamides is 1. The third kappa shape index (κ3) is 5.44. The number of nitrogens with zero attached hydrogens (tertiary/aromatic N) is 1. The summed E-state index contributed by atoms with van der Waals surface area (Å²) in [6.07, 6.45) is 1.33. The lowest BCUT2D eigenvalue weighted by Gasteiger charge is -2.14. The summed E-state index contributed by atoms with van der Waals surface area (Å²) in [5.41, 5.74) is 1.33. The van der Waals surface area contributed by atoms with Crippen molar-refractivity contribution in [3.63, 3.8) is 0 Å². The SMILES string of the molecule is COc1cc(/C=N/NS(=O)(=O)c2ccccc2)cc(Cl)c1OCc1ccccc1Cl. The summed E-state index contributed by atoms with van der Waals surface area (Å²) in [7, 11) is -2.28. The van der Waals surface area contributed by atoms with Crippen molar-refractivity contribution < 1.29 is 17.9 Å². The number of hydrazone groups is 1. The van der Waals surface area contributed by atoms with Gasteiger partial charge in [-0.1, -0.05) is 59.6 Å². The molecule has 0 unspecified atom stereocenters. The molecule has 9 heteroatoms. The van der Waals surface area contributed by atoms with Crippen LogP contribution in [-0.4, -0.2) is 21.7 Å². The van der Waals surface area contributed by atoms with E-state index in [4.69, 9.17) is 32.7 Å². The predicted molar refractivity (Wildman–Crippen MR) is 118 cm³/mol. The Hall–Kier alpha value is -2.74. The second-order valence-corrected chi connectivity index (χ2v) is 8.56. The highest BCUT2D eigenvalue weighted by atomic mass is 35.5. The number of methoxy groups -OCH3 is 1. The Morgan fingerprint density at radius 3 is 2.40 bits per heavy atom. The van der Waals surface area contributed by atoms with E-state index in [9.17, 15) is 8.42 Å². The van der Waals surface area contributed by atoms with Crippen molar-refractivity contribution in [2.45, 2.75) is 11.5 Å². The molecule has 6 nitrogen and oxygen atoms in total. The molecule has 0 aliphatic rings. The van der Waals surface area contributed by atoms with Crippen LogP contribution in [0.3, 0.4) is 0 Å². The van der Waals surface area contributed by atoms with Gasteiger partial charge in [0, 0.05) is 10.6 Å². The lowest BCUT2D eigenvalue weighted by molar-refractivity contribution is 0.285. The maximum Gasteiger partial charge on any atom is 0.276 e. The fraction of sp³-hybridized carbons (Fsp3) is 0.0952. The van der Waals surface area contributed by atoms with Crippen molar-refractivity contribution in [1.29, 1.82) is 0 Å². The average molecular weight is 465 g/mol. The third-order valence-corrected chi connectivity index (χ3v) is 5.91. The summed E-state index contributed by atoms with van der Waals surface area (Å²) < 4.78 is 35.6. The highest BCUT2D eigenvalue weighted by Gasteiger charge is 2.14. The van der Waals surface area contributed by atoms with Crippen LogP contribution in [0.25, 0.3) is 0 Å². The van der Waals surface area contributed by atoms with Crippen molar-refractivity contribution in [3.8, 4) is 11.5 Å². The minimum Gasteiger partial charge on any atom is -0.493 e. The topological polar surface area (TPSA) is 77.0 Å². The molecule has 0 amide bonds. The summed E-state index contributed by atoms with van der Waals surface area (Å²) >= 11 is 12.5. The predicted octanol–water partition coefficient (Wildman–Crippen LogP) is 4.89. The van der Waals surface area contributed by atoms with Gasteiger partial charge < -0.3 is 9.47 Å². The first-order valence-electron chi connectivity index (χ1n) is 8.74. The zero-order chi connectivity index (χ0) is 21.6. The molecule has 0 saturated heterocycles. The molecule has 156 valence electrons. The molecule has 0 saturated carbocycles. The van der Waals surface area contributed by atoms with Crippen LogP contribution in [0.1, 0.15) is 11.1 Å². The molecule has 3 aromatic rings. The van der Waals surface area contributed by atoms with Gasteiger partial charge in [-0.3, -0.25) is 0 Å². The molecule has 0 radical (unpaired) electrons. The van der Waals surface area contributed by atoms with E-state index in [1.807, 2.05) is 18.2 Å². The fourth-order valence-corrected chi connectivity index (χ4v) is 3.82. The van der Waals surface area contributed by atoms with E-state index in [0.29, 0.717) is 22.1 Å². The zero-order valence-corrected chi connectivity index (χ0v) is 18.2. The van der Waals surface area contributed by atoms with Crippen molar-refractivity contribution in [2.24, 2.45) is 5.10 Å². The van der Waals surface area contributed by atoms with E-state index < -0.39 is 10.0 Å². The van der Waals surface area contributed by atoms with Crippen LogP contribution in [0.4, 0.5) is 0 Å². The second-order valence-electron chi connectivity index (χ2n) is 6.08. The van der Waals surface area contributed by atoms with Crippen LogP contribution in [0, 0.1) is 0 Å². The molecule has 1 N–H and O–H groups in total. The van der Waals surface area contributed by atoms with Gasteiger partial charge in [0.15, 0.2) is 11.5 Å². The molecule has 3 rings (SSSR count). The van der Waals surface area contributed by atoms with Crippen molar-refractivity contribution in [1.82, 2.24) is 4.83 Å². The summed E-state index contributed by atoms with van der Waals surface area (Å²) in [4.78, 5) is 2.27. The Morgan fingerprint density at radius 2 is 1.70 bits per heavy atom. The van der Waals surface area contributed by atoms with Gasteiger partial charge >= 0.3 is 0 Å². The Bertz CT molecular complexity index is 1150. The zero-order valence-electron chi connectivity index (χ0n) is 15.9. The Kier molecular flexibility index (Phi) is 7.20. The van der Waals surface area contributed by atoms with E-state index >= 15 is 0 Å². The van der Waals surface area contributed by atoms with Crippen molar-refractivity contribution in [2.75, 3.05) is 7.11 Å². The van der Waals surface area contributed by atoms with E-state index in [1.54, 1.807) is 36.4 Å². The maximum absolute atomic E-state index is 12.2. The Morgan fingerprint density at radius 1 is 1.00 bits per heavy atom. The van der Waals surface area contributed by atoms with Gasteiger partial charge in [-0.15, -0.1) is 0 Å². The maximum atomic E-state index is 12.2. The van der Waals surface area contributed by atoms with Crippen molar-refractivity contribution in [3.05, 3.63) is 87.9 Å². The van der Waals surface area contributed by atoms with Gasteiger partial charge in [-0.05, 0) is 35.9 Å². The normalized spacial score (nSPS) is 11.4. The van der Waals surface area contributed by atoms with Gasteiger partial charge in [0.2, 0.25) is 0 Å². The monoisotopic (exact) mass is 464 g/mol. The molecule has 0 aromatic heterocycles. The first-order chi connectivity index (χ1) is 14.4. The Balaban J connectivity index is 1.75. The number of hydrogen-bond acceptors (Lipinski definition) is 5. The highest BCUT2D eigenvalue weighted by molar-refractivity contribution is 7.89. The molecule has 0 heterocycles. The lowest BCUT2D eigenvalue weighted by atomic mass is 10.2. The molecule has 0 bridgehead atoms. The summed E-state index contributed by atoms with van der Waals surface area (Å²) in [6, 6.07) is 18.5. The van der Waals surface area contributed by atoms with Crippen LogP contribution < -0.4 is 14.3 Å². The van der Waals surface area contributed by atoms with Gasteiger partial charge in [-0.25, -0.2) is 4.83 Å². The van der Waals surface area contributed by atoms with Crippen LogP contribution in [0.2, 0.25) is 10.0 Å². The molecule has 3 aromatic carbocycles. The van der Waals surface area contributed by atoms with Gasteiger partial charge in [0.1, 0.15) is 6.61 Å². The van der Waals surface area contributed by atoms with Gasteiger partial charge in [0.05, 0.1) is 23.2 Å². The number of rotatable bonds is 8. The molecule has 0 atom stereocenters. The molecular formula is C21H18Cl2N2O4S. The van der Waals surface area contributed by atoms with E-state index in [2.05, 4.69) is 9.93 Å². The first kappa shape index (κ1) is 22.0. The summed E-state index contributed by atoms with van der Waals surface area (Å²) in [5, 5.41) is 4.68. The molecule has 0 aliphatic carbocycles. The van der Waals surface area contributed by atoms with E-state index in [-0.39, 0.29) is 16.5 Å². The highest BCUT2D eigenvalue weighted by Crippen LogP contribution is 2.37. The van der Waals surface area contributed by atoms with Crippen molar-refractivity contribution >= 4 is 39.4 Å². The number of nitrogens with one attached hydrogen (secondary N) is 1. The quantitative estimate of drug-likeness (QED) is 0.380. The van der Waals surface area contributed by atoms with Gasteiger partial charge in [0.25, 0.3) is 10.0 Å². The van der Waals surface area contributed by atoms with Crippen LogP contribution in [0.5, 0.6) is 11.5 Å². The Labute approximate surface area is 185 Å². The number of halogens is 2. The second kappa shape index (κ2) is 9.84. The average Bonchev–Trinajstić information content (AvgIpc) is 2.74. The first-order valence-corrected chi connectivity index (χ1v) is 11.0.